The SMILES string of the molecule is N#Cc1ccc(-c2ccc3oc4c(-c5ccc6c7cc(-c8ccc9oc%10ccc(-c%11ccccn%11)cc%10c9c8)ccc7n(-c7ccc(-c8ccccc8)cc7)c6c5)cc(-c5ccc6c(c5)c5ccccc5n6-c5ccccc5)cc4c3c2)cc1. The molecule has 5 aromatic heterocycles. The van der Waals surface area contributed by atoms with Crippen molar-refractivity contribution in [3.63, 3.8) is 0 Å². The number of para-hydroxylation sites is 2. The molecule has 6 nitrogen and oxygen atoms in total. The third-order valence-corrected chi connectivity index (χ3v) is 17.0. The van der Waals surface area contributed by atoms with Gasteiger partial charge >= 0.3 is 0 Å². The van der Waals surface area contributed by atoms with Crippen LogP contribution < -0.4 is 0 Å². The Morgan fingerprint density at radius 2 is 0.774 bits per heavy atom. The Kier molecular flexibility index (Phi) is 10.6. The van der Waals surface area contributed by atoms with E-state index in [2.05, 4.69) is 251 Å². The van der Waals surface area contributed by atoms with Crippen LogP contribution in [0.2, 0.25) is 0 Å². The second-order valence-corrected chi connectivity index (χ2v) is 21.8. The van der Waals surface area contributed by atoms with Crippen molar-refractivity contribution >= 4 is 87.5 Å². The lowest BCUT2D eigenvalue weighted by molar-refractivity contribution is 0.669. The summed E-state index contributed by atoms with van der Waals surface area (Å²) in [5, 5.41) is 18.5. The van der Waals surface area contributed by atoms with Gasteiger partial charge in [0, 0.05) is 71.8 Å². The summed E-state index contributed by atoms with van der Waals surface area (Å²) in [5.74, 6) is 0. The highest BCUT2D eigenvalue weighted by molar-refractivity contribution is 6.16. The van der Waals surface area contributed by atoms with Gasteiger partial charge in [-0.05, 0) is 190 Å². The van der Waals surface area contributed by atoms with Crippen LogP contribution in [0.25, 0.3) is 166 Å². The Morgan fingerprint density at radius 3 is 1.48 bits per heavy atom. The Morgan fingerprint density at radius 1 is 0.298 bits per heavy atom. The first-order valence-corrected chi connectivity index (χ1v) is 28.3. The first-order chi connectivity index (χ1) is 41.5. The molecule has 17 rings (SSSR count). The van der Waals surface area contributed by atoms with E-state index in [1.807, 2.05) is 48.7 Å². The second kappa shape index (κ2) is 18.8. The van der Waals surface area contributed by atoms with Gasteiger partial charge in [0.2, 0.25) is 0 Å². The molecule has 0 atom stereocenters. The highest BCUT2D eigenvalue weighted by atomic mass is 16.3. The van der Waals surface area contributed by atoms with Crippen LogP contribution in [-0.4, -0.2) is 14.1 Å². The summed E-state index contributed by atoms with van der Waals surface area (Å²) in [7, 11) is 0. The third-order valence-electron chi connectivity index (χ3n) is 17.0. The van der Waals surface area contributed by atoms with E-state index in [0.717, 1.165) is 149 Å². The second-order valence-electron chi connectivity index (χ2n) is 21.8. The number of hydrogen-bond donors (Lipinski definition) is 0. The van der Waals surface area contributed by atoms with Crippen LogP contribution in [-0.2, 0) is 0 Å². The van der Waals surface area contributed by atoms with Crippen LogP contribution in [0.1, 0.15) is 5.56 Å². The van der Waals surface area contributed by atoms with Crippen molar-refractivity contribution in [2.24, 2.45) is 0 Å². The van der Waals surface area contributed by atoms with Gasteiger partial charge in [0.1, 0.15) is 22.3 Å². The largest absolute Gasteiger partial charge is 0.456 e. The first kappa shape index (κ1) is 47.3. The van der Waals surface area contributed by atoms with Crippen molar-refractivity contribution in [3.05, 3.63) is 285 Å². The minimum Gasteiger partial charge on any atom is -0.456 e. The first-order valence-electron chi connectivity index (χ1n) is 28.3. The Balaban J connectivity index is 0.871. The smallest absolute Gasteiger partial charge is 0.143 e. The number of fused-ring (bicyclic) bond motifs is 12. The number of rotatable bonds is 8. The molecule has 0 amide bonds. The van der Waals surface area contributed by atoms with Gasteiger partial charge in [0.05, 0.1) is 39.4 Å². The number of hydrogen-bond acceptors (Lipinski definition) is 4. The highest BCUT2D eigenvalue weighted by Crippen LogP contribution is 2.45. The van der Waals surface area contributed by atoms with E-state index in [9.17, 15) is 5.26 Å². The fraction of sp³-hybridized carbons (Fsp3) is 0. The molecule has 0 fully saturated rings. The zero-order chi connectivity index (χ0) is 55.4. The monoisotopic (exact) mass is 1070 g/mol. The molecule has 390 valence electrons. The maximum Gasteiger partial charge on any atom is 0.143 e. The number of benzene rings is 12. The fourth-order valence-electron chi connectivity index (χ4n) is 12.9. The minimum absolute atomic E-state index is 0.629. The molecule has 17 aromatic rings. The van der Waals surface area contributed by atoms with Gasteiger partial charge in [-0.3, -0.25) is 4.98 Å². The average Bonchev–Trinajstić information content (AvgIpc) is 2.07. The van der Waals surface area contributed by atoms with Gasteiger partial charge in [-0.25, -0.2) is 0 Å². The molecular weight excluding hydrogens is 1020 g/mol. The summed E-state index contributed by atoms with van der Waals surface area (Å²) >= 11 is 0. The summed E-state index contributed by atoms with van der Waals surface area (Å²) in [5.41, 5.74) is 23.5. The predicted octanol–water partition coefficient (Wildman–Crippen LogP) is 20.9. The van der Waals surface area contributed by atoms with Crippen LogP contribution in [0, 0.1) is 11.3 Å². The van der Waals surface area contributed by atoms with E-state index in [1.165, 1.54) is 16.3 Å². The topological polar surface area (TPSA) is 72.8 Å². The van der Waals surface area contributed by atoms with E-state index in [-0.39, 0.29) is 0 Å². The van der Waals surface area contributed by atoms with Crippen LogP contribution in [0.4, 0.5) is 0 Å². The molecule has 0 spiro atoms. The van der Waals surface area contributed by atoms with Crippen molar-refractivity contribution in [1.82, 2.24) is 14.1 Å². The third kappa shape index (κ3) is 7.61. The van der Waals surface area contributed by atoms with E-state index < -0.39 is 0 Å². The van der Waals surface area contributed by atoms with Gasteiger partial charge in [0.15, 0.2) is 0 Å². The molecule has 0 aliphatic heterocycles. The van der Waals surface area contributed by atoms with Gasteiger partial charge < -0.3 is 18.0 Å². The molecular formula is C78H46N4O2. The van der Waals surface area contributed by atoms with E-state index >= 15 is 0 Å². The average molecular weight is 1070 g/mol. The standard InChI is InChI=1S/C78H46N4O2/c79-47-48-18-20-51(21-19-48)52-27-36-77-68(41-52)69-45-58(55-26-34-72-64(40-55)61-15-7-8-17-71(61)81(72)59-13-5-2-6-14-59)44-63(78(69)84-77)56-24-32-62-65-39-53(25-33-73(65)82(74(62)46-56)60-30-22-50(23-31-60)49-11-3-1-4-12-49)54-28-35-75-66(42-54)67-43-57(29-37-76(67)83-75)70-16-9-10-38-80-70/h1-46H. The molecule has 0 bridgehead atoms. The molecule has 0 aliphatic carbocycles. The van der Waals surface area contributed by atoms with E-state index in [4.69, 9.17) is 8.83 Å². The van der Waals surface area contributed by atoms with Crippen molar-refractivity contribution in [2.75, 3.05) is 0 Å². The molecule has 0 radical (unpaired) electrons. The lowest BCUT2D eigenvalue weighted by atomic mass is 9.94. The van der Waals surface area contributed by atoms with Crippen molar-refractivity contribution in [3.8, 4) is 84.3 Å². The lowest BCUT2D eigenvalue weighted by Gasteiger charge is -2.12. The lowest BCUT2D eigenvalue weighted by Crippen LogP contribution is -1.94. The summed E-state index contributed by atoms with van der Waals surface area (Å²) < 4.78 is 18.3. The zero-order valence-corrected chi connectivity index (χ0v) is 45.2. The molecule has 6 heteroatoms. The Hall–Kier alpha value is -11.5. The number of pyridine rings is 1. The zero-order valence-electron chi connectivity index (χ0n) is 45.2. The summed E-state index contributed by atoms with van der Waals surface area (Å²) in [6.45, 7) is 0. The summed E-state index contributed by atoms with van der Waals surface area (Å²) in [6.07, 6.45) is 1.83. The van der Waals surface area contributed by atoms with Crippen LogP contribution in [0.3, 0.4) is 0 Å². The van der Waals surface area contributed by atoms with Crippen LogP contribution >= 0.6 is 0 Å². The Labute approximate surface area is 482 Å². The molecule has 5 heterocycles. The number of furan rings is 2. The van der Waals surface area contributed by atoms with E-state index in [0.29, 0.717) is 5.56 Å². The summed E-state index contributed by atoms with van der Waals surface area (Å²) in [4.78, 5) is 4.64. The molecule has 12 aromatic carbocycles. The maximum atomic E-state index is 9.62. The molecule has 0 saturated carbocycles. The van der Waals surface area contributed by atoms with E-state index in [1.54, 1.807) is 0 Å². The number of nitriles is 1. The highest BCUT2D eigenvalue weighted by Gasteiger charge is 2.22. The van der Waals surface area contributed by atoms with Crippen molar-refractivity contribution < 1.29 is 8.83 Å². The van der Waals surface area contributed by atoms with Gasteiger partial charge in [-0.1, -0.05) is 133 Å². The minimum atomic E-state index is 0.629. The molecule has 0 aliphatic rings. The quantitative estimate of drug-likeness (QED) is 0.152. The molecule has 0 N–H and O–H groups in total. The maximum absolute atomic E-state index is 9.62. The number of aromatic nitrogens is 3. The normalized spacial score (nSPS) is 11.8. The predicted molar refractivity (Wildman–Crippen MR) is 345 cm³/mol. The van der Waals surface area contributed by atoms with Gasteiger partial charge in [0.25, 0.3) is 0 Å². The Bertz CT molecular complexity index is 5530. The molecule has 0 unspecified atom stereocenters. The van der Waals surface area contributed by atoms with Gasteiger partial charge in [-0.2, -0.15) is 5.26 Å². The molecule has 84 heavy (non-hydrogen) atoms. The fourth-order valence-corrected chi connectivity index (χ4v) is 12.9. The molecule has 0 saturated heterocycles. The van der Waals surface area contributed by atoms with Crippen LogP contribution in [0.15, 0.2) is 288 Å². The van der Waals surface area contributed by atoms with Crippen molar-refractivity contribution in [2.45, 2.75) is 0 Å². The van der Waals surface area contributed by atoms with Gasteiger partial charge in [-0.15, -0.1) is 0 Å². The summed E-state index contributed by atoms with van der Waals surface area (Å²) in [6, 6.07) is 99.5. The number of nitrogens with zero attached hydrogens (tertiary/aromatic N) is 4. The van der Waals surface area contributed by atoms with Crippen LogP contribution in [0.5, 0.6) is 0 Å². The van der Waals surface area contributed by atoms with Crippen molar-refractivity contribution in [1.29, 1.82) is 5.26 Å².